The minimum Gasteiger partial charge on any atom is -0.378 e. The molecule has 1 amide bonds. The number of anilines is 3. The third-order valence-electron chi connectivity index (χ3n) is 5.64. The Morgan fingerprint density at radius 1 is 1.06 bits per heavy atom. The number of benzene rings is 2. The highest BCUT2D eigenvalue weighted by atomic mass is 32.2. The molecule has 2 aromatic carbocycles. The van der Waals surface area contributed by atoms with E-state index in [1.54, 1.807) is 25.1 Å². The summed E-state index contributed by atoms with van der Waals surface area (Å²) >= 11 is 1.46. The van der Waals surface area contributed by atoms with Gasteiger partial charge in [-0.25, -0.2) is 8.42 Å². The SMILES string of the molecule is CCCS(=O)(=O)Nc1cccc(NC(=O)c2cc(-c3ccccc3)c(N3CCOCC3)s2)c1C. The topological polar surface area (TPSA) is 87.7 Å². The van der Waals surface area contributed by atoms with E-state index in [9.17, 15) is 13.2 Å². The molecule has 1 aliphatic heterocycles. The highest BCUT2D eigenvalue weighted by molar-refractivity contribution is 7.92. The van der Waals surface area contributed by atoms with Crippen molar-refractivity contribution in [1.82, 2.24) is 0 Å². The van der Waals surface area contributed by atoms with Crippen molar-refractivity contribution in [1.29, 1.82) is 0 Å². The molecule has 180 valence electrons. The molecule has 0 aliphatic carbocycles. The lowest BCUT2D eigenvalue weighted by atomic mass is 10.1. The Hall–Kier alpha value is -2.88. The number of morpholine rings is 1. The van der Waals surface area contributed by atoms with Gasteiger partial charge in [-0.2, -0.15) is 0 Å². The zero-order chi connectivity index (χ0) is 24.1. The van der Waals surface area contributed by atoms with Gasteiger partial charge < -0.3 is 15.0 Å². The van der Waals surface area contributed by atoms with Crippen LogP contribution in [0.1, 0.15) is 28.6 Å². The molecule has 1 aliphatic rings. The van der Waals surface area contributed by atoms with E-state index in [4.69, 9.17) is 4.74 Å². The van der Waals surface area contributed by atoms with Crippen LogP contribution in [0.25, 0.3) is 11.1 Å². The van der Waals surface area contributed by atoms with Gasteiger partial charge >= 0.3 is 0 Å². The standard InChI is InChI=1S/C25H29N3O4S2/c1-3-16-34(30,31)27-22-11-7-10-21(18(22)2)26-24(29)23-17-20(19-8-5-4-6-9-19)25(33-23)28-12-14-32-15-13-28/h4-11,17,27H,3,12-16H2,1-2H3,(H,26,29). The van der Waals surface area contributed by atoms with Crippen LogP contribution in [-0.4, -0.2) is 46.4 Å². The van der Waals surface area contributed by atoms with E-state index in [0.29, 0.717) is 41.4 Å². The Bertz CT molecular complexity index is 1250. The van der Waals surface area contributed by atoms with Crippen molar-refractivity contribution >= 4 is 43.6 Å². The second kappa shape index (κ2) is 10.6. The van der Waals surface area contributed by atoms with Crippen molar-refractivity contribution in [2.75, 3.05) is 47.0 Å². The maximum atomic E-state index is 13.3. The third-order valence-corrected chi connectivity index (χ3v) is 8.31. The average molecular weight is 500 g/mol. The van der Waals surface area contributed by atoms with Crippen molar-refractivity contribution in [3.8, 4) is 11.1 Å². The monoisotopic (exact) mass is 499 g/mol. The van der Waals surface area contributed by atoms with Crippen LogP contribution >= 0.6 is 11.3 Å². The molecule has 0 unspecified atom stereocenters. The van der Waals surface area contributed by atoms with Crippen molar-refractivity contribution in [2.45, 2.75) is 20.3 Å². The van der Waals surface area contributed by atoms with Crippen LogP contribution in [0.15, 0.2) is 54.6 Å². The number of nitrogens with one attached hydrogen (secondary N) is 2. The molecule has 1 fully saturated rings. The quantitative estimate of drug-likeness (QED) is 0.457. The number of nitrogens with zero attached hydrogens (tertiary/aromatic N) is 1. The summed E-state index contributed by atoms with van der Waals surface area (Å²) in [6, 6.07) is 17.2. The first-order valence-electron chi connectivity index (χ1n) is 11.3. The fraction of sp³-hybridized carbons (Fsp3) is 0.320. The molecule has 7 nitrogen and oxygen atoms in total. The molecule has 34 heavy (non-hydrogen) atoms. The maximum absolute atomic E-state index is 13.3. The molecule has 2 heterocycles. The van der Waals surface area contributed by atoms with Gasteiger partial charge in [-0.15, -0.1) is 11.3 Å². The molecule has 0 atom stereocenters. The van der Waals surface area contributed by atoms with Crippen LogP contribution in [0.2, 0.25) is 0 Å². The van der Waals surface area contributed by atoms with Gasteiger partial charge in [0.05, 0.1) is 34.5 Å². The summed E-state index contributed by atoms with van der Waals surface area (Å²) in [5, 5.41) is 4.03. The van der Waals surface area contributed by atoms with Gasteiger partial charge in [0.1, 0.15) is 0 Å². The largest absolute Gasteiger partial charge is 0.378 e. The number of hydrogen-bond donors (Lipinski definition) is 2. The Morgan fingerprint density at radius 3 is 2.47 bits per heavy atom. The zero-order valence-electron chi connectivity index (χ0n) is 19.3. The molecule has 1 saturated heterocycles. The number of carbonyl (C=O) groups is 1. The summed E-state index contributed by atoms with van der Waals surface area (Å²) in [7, 11) is -3.43. The first-order chi connectivity index (χ1) is 16.4. The Labute approximate surface area is 204 Å². The molecule has 3 aromatic rings. The van der Waals surface area contributed by atoms with Gasteiger partial charge in [0, 0.05) is 24.3 Å². The lowest BCUT2D eigenvalue weighted by Gasteiger charge is -2.28. The predicted octanol–water partition coefficient (Wildman–Crippen LogP) is 4.96. The number of carbonyl (C=O) groups excluding carboxylic acids is 1. The number of thiophene rings is 1. The van der Waals surface area contributed by atoms with E-state index in [1.807, 2.05) is 43.3 Å². The second-order valence-corrected chi connectivity index (χ2v) is 11.0. The van der Waals surface area contributed by atoms with Gasteiger partial charge in [-0.3, -0.25) is 9.52 Å². The lowest BCUT2D eigenvalue weighted by molar-refractivity contribution is 0.103. The van der Waals surface area contributed by atoms with E-state index in [-0.39, 0.29) is 11.7 Å². The van der Waals surface area contributed by atoms with E-state index >= 15 is 0 Å². The van der Waals surface area contributed by atoms with Crippen LogP contribution in [0.4, 0.5) is 16.4 Å². The molecule has 9 heteroatoms. The van der Waals surface area contributed by atoms with Crippen molar-refractivity contribution < 1.29 is 17.9 Å². The summed E-state index contributed by atoms with van der Waals surface area (Å²) < 4.78 is 32.6. The zero-order valence-corrected chi connectivity index (χ0v) is 21.0. The summed E-state index contributed by atoms with van der Waals surface area (Å²) in [6.45, 7) is 6.49. The number of ether oxygens (including phenoxy) is 1. The maximum Gasteiger partial charge on any atom is 0.265 e. The minimum absolute atomic E-state index is 0.0464. The van der Waals surface area contributed by atoms with Gasteiger partial charge in [0.15, 0.2) is 0 Å². The van der Waals surface area contributed by atoms with E-state index < -0.39 is 10.0 Å². The van der Waals surface area contributed by atoms with Crippen LogP contribution in [0.5, 0.6) is 0 Å². The van der Waals surface area contributed by atoms with Crippen LogP contribution in [0, 0.1) is 6.92 Å². The molecule has 0 spiro atoms. The molecular weight excluding hydrogens is 470 g/mol. The Kier molecular flexibility index (Phi) is 7.55. The van der Waals surface area contributed by atoms with Gasteiger partial charge in [0.25, 0.3) is 5.91 Å². The average Bonchev–Trinajstić information content (AvgIpc) is 3.28. The third kappa shape index (κ3) is 5.60. The lowest BCUT2D eigenvalue weighted by Crippen LogP contribution is -2.35. The molecule has 0 saturated carbocycles. The molecule has 0 bridgehead atoms. The molecule has 4 rings (SSSR count). The summed E-state index contributed by atoms with van der Waals surface area (Å²) in [5.74, 6) is -0.177. The van der Waals surface area contributed by atoms with Crippen molar-refractivity contribution in [3.05, 3.63) is 65.0 Å². The number of amides is 1. The van der Waals surface area contributed by atoms with Gasteiger partial charge in [0.2, 0.25) is 10.0 Å². The summed E-state index contributed by atoms with van der Waals surface area (Å²) in [6.07, 6.45) is 0.526. The summed E-state index contributed by atoms with van der Waals surface area (Å²) in [4.78, 5) is 16.1. The van der Waals surface area contributed by atoms with Gasteiger partial charge in [-0.1, -0.05) is 43.3 Å². The Balaban J connectivity index is 1.61. The molecular formula is C25H29N3O4S2. The van der Waals surface area contributed by atoms with Crippen molar-refractivity contribution in [2.24, 2.45) is 0 Å². The molecule has 0 radical (unpaired) electrons. The first-order valence-corrected chi connectivity index (χ1v) is 13.8. The smallest absolute Gasteiger partial charge is 0.265 e. The minimum atomic E-state index is -3.43. The number of hydrogen-bond acceptors (Lipinski definition) is 6. The van der Waals surface area contributed by atoms with E-state index in [0.717, 1.165) is 29.2 Å². The van der Waals surface area contributed by atoms with E-state index in [1.165, 1.54) is 11.3 Å². The summed E-state index contributed by atoms with van der Waals surface area (Å²) in [5.41, 5.74) is 3.79. The predicted molar refractivity (Wildman–Crippen MR) is 140 cm³/mol. The normalized spacial score (nSPS) is 14.1. The second-order valence-electron chi connectivity index (χ2n) is 8.15. The van der Waals surface area contributed by atoms with Crippen LogP contribution < -0.4 is 14.9 Å². The number of sulfonamides is 1. The molecule has 1 aromatic heterocycles. The van der Waals surface area contributed by atoms with Crippen LogP contribution in [0.3, 0.4) is 0 Å². The first kappa shape index (κ1) is 24.3. The van der Waals surface area contributed by atoms with Crippen LogP contribution in [-0.2, 0) is 14.8 Å². The van der Waals surface area contributed by atoms with Gasteiger partial charge in [-0.05, 0) is 42.7 Å². The molecule has 2 N–H and O–H groups in total. The number of rotatable bonds is 8. The fourth-order valence-electron chi connectivity index (χ4n) is 3.87. The Morgan fingerprint density at radius 2 is 1.76 bits per heavy atom. The highest BCUT2D eigenvalue weighted by Gasteiger charge is 2.22. The fourth-order valence-corrected chi connectivity index (χ4v) is 6.19. The van der Waals surface area contributed by atoms with E-state index in [2.05, 4.69) is 14.9 Å². The highest BCUT2D eigenvalue weighted by Crippen LogP contribution is 2.40. The van der Waals surface area contributed by atoms with Crippen molar-refractivity contribution in [3.63, 3.8) is 0 Å².